The first-order chi connectivity index (χ1) is 29.0. The minimum atomic E-state index is 0.0380. The van der Waals surface area contributed by atoms with Gasteiger partial charge >= 0.3 is 0 Å². The van der Waals surface area contributed by atoms with Crippen molar-refractivity contribution in [3.63, 3.8) is 0 Å². The van der Waals surface area contributed by atoms with E-state index >= 15 is 0 Å². The zero-order valence-corrected chi connectivity index (χ0v) is 38.5. The number of phenols is 2. The van der Waals surface area contributed by atoms with Crippen LogP contribution in [0.5, 0.6) is 23.0 Å². The van der Waals surface area contributed by atoms with Gasteiger partial charge in [0.1, 0.15) is 36.2 Å². The number of ether oxygens (including phenoxy) is 6. The fourth-order valence-corrected chi connectivity index (χ4v) is 7.64. The van der Waals surface area contributed by atoms with Gasteiger partial charge in [0.2, 0.25) is 0 Å². The molecule has 0 saturated heterocycles. The summed E-state index contributed by atoms with van der Waals surface area (Å²) in [5.74, 6) is 2.39. The van der Waals surface area contributed by atoms with E-state index < -0.39 is 0 Å². The Labute approximate surface area is 364 Å². The summed E-state index contributed by atoms with van der Waals surface area (Å²) in [6.07, 6.45) is 20.1. The third-order valence-corrected chi connectivity index (χ3v) is 11.1. The highest BCUT2D eigenvalue weighted by molar-refractivity contribution is 5.53. The molecule has 0 unspecified atom stereocenters. The standard InChI is InChI=1S/C52H80O8/c1-9-11-13-18-43-35-48(53)46(23-20-41(7)17-15-16-39(3)4)50(37-43)59-32-30-57-28-26-55-24-25-56-27-29-58-31-33-60-51-38-44(19-14-12-10-2)36-49(54)52(51)47-34-42(8)21-22-45(47)40(5)6/h16,20,34-38,45,47,53-54H,5,9-15,17-19,21-33H2,1-4,6-8H3/b41-20+/t45-,47+/m0/s1. The molecule has 1 aliphatic rings. The van der Waals surface area contributed by atoms with Crippen LogP contribution in [0.1, 0.15) is 141 Å². The summed E-state index contributed by atoms with van der Waals surface area (Å²) in [5, 5.41) is 22.3. The fourth-order valence-electron chi connectivity index (χ4n) is 7.64. The van der Waals surface area contributed by atoms with Gasteiger partial charge in [-0.25, -0.2) is 0 Å². The van der Waals surface area contributed by atoms with E-state index in [4.69, 9.17) is 28.4 Å². The van der Waals surface area contributed by atoms with Crippen LogP contribution in [-0.4, -0.2) is 76.3 Å². The summed E-state index contributed by atoms with van der Waals surface area (Å²) in [6.45, 7) is 23.8. The average molecular weight is 833 g/mol. The molecule has 0 aliphatic heterocycles. The van der Waals surface area contributed by atoms with Crippen LogP contribution in [0.4, 0.5) is 0 Å². The molecule has 0 fully saturated rings. The van der Waals surface area contributed by atoms with Crippen LogP contribution in [-0.2, 0) is 38.2 Å². The largest absolute Gasteiger partial charge is 0.508 e. The summed E-state index contributed by atoms with van der Waals surface area (Å²) in [5.41, 5.74) is 9.00. The van der Waals surface area contributed by atoms with Crippen LogP contribution in [0.25, 0.3) is 0 Å². The lowest BCUT2D eigenvalue weighted by Gasteiger charge is -2.32. The molecule has 2 aromatic rings. The molecule has 0 radical (unpaired) electrons. The summed E-state index contributed by atoms with van der Waals surface area (Å²) in [6, 6.07) is 8.04. The van der Waals surface area contributed by atoms with Gasteiger partial charge in [0, 0.05) is 17.0 Å². The number of rotatable bonds is 32. The van der Waals surface area contributed by atoms with Crippen LogP contribution in [0.15, 0.2) is 71.4 Å². The molecule has 2 N–H and O–H groups in total. The number of hydrogen-bond acceptors (Lipinski definition) is 8. The number of aromatic hydroxyl groups is 2. The Balaban J connectivity index is 1.33. The molecular weight excluding hydrogens is 753 g/mol. The fraction of sp³-hybridized carbons (Fsp3) is 0.615. The van der Waals surface area contributed by atoms with Gasteiger partial charge in [-0.15, -0.1) is 0 Å². The maximum Gasteiger partial charge on any atom is 0.127 e. The maximum absolute atomic E-state index is 11.3. The molecule has 0 aromatic heterocycles. The first kappa shape index (κ1) is 50.8. The van der Waals surface area contributed by atoms with Crippen molar-refractivity contribution in [3.05, 3.63) is 93.6 Å². The van der Waals surface area contributed by atoms with Crippen LogP contribution in [0, 0.1) is 5.92 Å². The van der Waals surface area contributed by atoms with Gasteiger partial charge in [0.05, 0.1) is 52.9 Å². The summed E-state index contributed by atoms with van der Waals surface area (Å²) >= 11 is 0. The SMILES string of the molecule is C=C(C)[C@@H]1CCC(C)=C[C@H]1c1c(O)cc(CCCCC)cc1OCCOCCOCCOCCOCCOc1cc(CCCCC)cc(O)c1C/C=C(\C)CCC=C(C)C. The summed E-state index contributed by atoms with van der Waals surface area (Å²) in [4.78, 5) is 0. The van der Waals surface area contributed by atoms with E-state index in [0.29, 0.717) is 84.0 Å². The molecule has 8 nitrogen and oxygen atoms in total. The number of aryl methyl sites for hydroxylation is 2. The topological polar surface area (TPSA) is 95.8 Å². The normalized spacial score (nSPS) is 15.5. The Morgan fingerprint density at radius 1 is 0.683 bits per heavy atom. The molecule has 60 heavy (non-hydrogen) atoms. The number of allylic oxidation sites excluding steroid dienone is 7. The lowest BCUT2D eigenvalue weighted by Crippen LogP contribution is -2.19. The minimum absolute atomic E-state index is 0.0380. The molecule has 336 valence electrons. The van der Waals surface area contributed by atoms with Gasteiger partial charge in [-0.05, 0) is 134 Å². The summed E-state index contributed by atoms with van der Waals surface area (Å²) < 4.78 is 35.6. The molecule has 2 atom stereocenters. The minimum Gasteiger partial charge on any atom is -0.508 e. The molecule has 8 heteroatoms. The van der Waals surface area contributed by atoms with Crippen molar-refractivity contribution in [3.8, 4) is 23.0 Å². The number of benzene rings is 2. The Hall–Kier alpha value is -3.56. The first-order valence-electron chi connectivity index (χ1n) is 22.9. The predicted octanol–water partition coefficient (Wildman–Crippen LogP) is 12.3. The smallest absolute Gasteiger partial charge is 0.127 e. The first-order valence-corrected chi connectivity index (χ1v) is 22.9. The maximum atomic E-state index is 11.3. The Morgan fingerprint density at radius 2 is 1.20 bits per heavy atom. The second-order valence-corrected chi connectivity index (χ2v) is 16.8. The molecular formula is C52H80O8. The Morgan fingerprint density at radius 3 is 1.73 bits per heavy atom. The zero-order chi connectivity index (χ0) is 43.5. The monoisotopic (exact) mass is 833 g/mol. The number of unbranched alkanes of at least 4 members (excludes halogenated alkanes) is 4. The van der Waals surface area contributed by atoms with E-state index in [1.165, 1.54) is 23.1 Å². The third kappa shape index (κ3) is 19.4. The van der Waals surface area contributed by atoms with Crippen molar-refractivity contribution in [1.29, 1.82) is 0 Å². The molecule has 0 amide bonds. The highest BCUT2D eigenvalue weighted by Gasteiger charge is 2.30. The summed E-state index contributed by atoms with van der Waals surface area (Å²) in [7, 11) is 0. The Bertz CT molecular complexity index is 1630. The van der Waals surface area contributed by atoms with E-state index in [-0.39, 0.29) is 11.8 Å². The van der Waals surface area contributed by atoms with Crippen LogP contribution >= 0.6 is 0 Å². The van der Waals surface area contributed by atoms with Crippen molar-refractivity contribution in [2.45, 2.75) is 138 Å². The van der Waals surface area contributed by atoms with Crippen molar-refractivity contribution in [2.24, 2.45) is 5.92 Å². The molecule has 0 heterocycles. The zero-order valence-electron chi connectivity index (χ0n) is 38.5. The van der Waals surface area contributed by atoms with E-state index in [9.17, 15) is 10.2 Å². The van der Waals surface area contributed by atoms with Crippen LogP contribution in [0.2, 0.25) is 0 Å². The van der Waals surface area contributed by atoms with Gasteiger partial charge in [0.25, 0.3) is 0 Å². The van der Waals surface area contributed by atoms with Gasteiger partial charge in [0.15, 0.2) is 0 Å². The van der Waals surface area contributed by atoms with Crippen molar-refractivity contribution in [1.82, 2.24) is 0 Å². The molecule has 2 aromatic carbocycles. The predicted molar refractivity (Wildman–Crippen MR) is 247 cm³/mol. The van der Waals surface area contributed by atoms with Gasteiger partial charge < -0.3 is 38.6 Å². The third-order valence-electron chi connectivity index (χ3n) is 11.1. The quantitative estimate of drug-likeness (QED) is 0.0556. The number of phenolic OH excluding ortho intramolecular Hbond substituents is 2. The van der Waals surface area contributed by atoms with E-state index in [2.05, 4.69) is 85.4 Å². The Kier molecular flexibility index (Phi) is 25.1. The lowest BCUT2D eigenvalue weighted by atomic mass is 9.73. The van der Waals surface area contributed by atoms with E-state index in [0.717, 1.165) is 110 Å². The molecule has 3 rings (SSSR count). The highest BCUT2D eigenvalue weighted by atomic mass is 16.6. The van der Waals surface area contributed by atoms with Gasteiger partial charge in [-0.1, -0.05) is 86.6 Å². The number of hydrogen-bond donors (Lipinski definition) is 2. The molecule has 0 spiro atoms. The van der Waals surface area contributed by atoms with Crippen molar-refractivity contribution >= 4 is 0 Å². The average Bonchev–Trinajstić information content (AvgIpc) is 3.20. The molecule has 1 aliphatic carbocycles. The molecule has 0 saturated carbocycles. The van der Waals surface area contributed by atoms with Crippen LogP contribution in [0.3, 0.4) is 0 Å². The second-order valence-electron chi connectivity index (χ2n) is 16.8. The highest BCUT2D eigenvalue weighted by Crippen LogP contribution is 2.47. The van der Waals surface area contributed by atoms with Gasteiger partial charge in [-0.2, -0.15) is 0 Å². The van der Waals surface area contributed by atoms with E-state index in [1.807, 2.05) is 12.1 Å². The van der Waals surface area contributed by atoms with Gasteiger partial charge in [-0.3, -0.25) is 0 Å². The van der Waals surface area contributed by atoms with Crippen molar-refractivity contribution in [2.75, 3.05) is 66.1 Å². The van der Waals surface area contributed by atoms with E-state index in [1.54, 1.807) is 0 Å². The molecule has 0 bridgehead atoms. The second kappa shape index (κ2) is 29.7. The van der Waals surface area contributed by atoms with Crippen LogP contribution < -0.4 is 9.47 Å². The lowest BCUT2D eigenvalue weighted by molar-refractivity contribution is -0.00705. The van der Waals surface area contributed by atoms with Crippen molar-refractivity contribution < 1.29 is 38.6 Å².